The Morgan fingerprint density at radius 2 is 1.97 bits per heavy atom. The van der Waals surface area contributed by atoms with Crippen molar-refractivity contribution in [3.8, 4) is 5.75 Å². The van der Waals surface area contributed by atoms with Crippen LogP contribution in [-0.4, -0.2) is 32.0 Å². The Labute approximate surface area is 199 Å². The summed E-state index contributed by atoms with van der Waals surface area (Å²) in [6, 6.07) is 15.0. The highest BCUT2D eigenvalue weighted by molar-refractivity contribution is 8.03. The molecule has 0 bridgehead atoms. The van der Waals surface area contributed by atoms with Crippen molar-refractivity contribution in [3.63, 3.8) is 0 Å². The number of halogens is 1. The normalized spacial score (nSPS) is 16.3. The van der Waals surface area contributed by atoms with Crippen LogP contribution >= 0.6 is 23.4 Å². The molecule has 32 heavy (non-hydrogen) atoms. The molecule has 168 valence electrons. The maximum Gasteiger partial charge on any atom is 0.254 e. The quantitative estimate of drug-likeness (QED) is 0.465. The van der Waals surface area contributed by atoms with Gasteiger partial charge in [-0.05, 0) is 42.9 Å². The van der Waals surface area contributed by atoms with Crippen LogP contribution in [0.2, 0.25) is 5.02 Å². The minimum Gasteiger partial charge on any atom is -0.495 e. The smallest absolute Gasteiger partial charge is 0.254 e. The number of allylic oxidation sites excluding steroid dienone is 2. The van der Waals surface area contributed by atoms with E-state index >= 15 is 0 Å². The Kier molecular flexibility index (Phi) is 8.42. The van der Waals surface area contributed by atoms with Crippen LogP contribution in [0, 0.1) is 0 Å². The fourth-order valence-electron chi connectivity index (χ4n) is 3.68. The van der Waals surface area contributed by atoms with Crippen LogP contribution in [0.15, 0.2) is 75.4 Å². The molecule has 0 spiro atoms. The van der Waals surface area contributed by atoms with Gasteiger partial charge in [0.15, 0.2) is 0 Å². The minimum atomic E-state index is -0.359. The minimum absolute atomic E-state index is 0.217. The number of anilines is 1. The molecule has 0 aliphatic carbocycles. The maximum atomic E-state index is 13.6. The van der Waals surface area contributed by atoms with Gasteiger partial charge >= 0.3 is 0 Å². The number of thioether (sulfide) groups is 1. The fraction of sp³-hybridized carbons (Fsp3) is 0.280. The number of hydrogen-bond acceptors (Lipinski definition) is 5. The lowest BCUT2D eigenvalue weighted by Gasteiger charge is -2.32. The van der Waals surface area contributed by atoms with Gasteiger partial charge in [0.25, 0.3) is 5.91 Å². The van der Waals surface area contributed by atoms with Gasteiger partial charge in [0.2, 0.25) is 0 Å². The molecule has 2 aromatic rings. The molecule has 0 fully saturated rings. The average Bonchev–Trinajstić information content (AvgIpc) is 2.79. The zero-order valence-electron chi connectivity index (χ0n) is 18.7. The Morgan fingerprint density at radius 3 is 2.66 bits per heavy atom. The molecular formula is C25H28ClN3O2S. The van der Waals surface area contributed by atoms with Crippen molar-refractivity contribution in [1.29, 1.82) is 0 Å². The van der Waals surface area contributed by atoms with E-state index in [-0.39, 0.29) is 11.8 Å². The number of dihydropyridines is 1. The Bertz CT molecular complexity index is 1080. The summed E-state index contributed by atoms with van der Waals surface area (Å²) in [5.74, 6) is 0.977. The number of hydrogen-bond donors (Lipinski definition) is 2. The van der Waals surface area contributed by atoms with Crippen LogP contribution in [0.4, 0.5) is 5.69 Å². The van der Waals surface area contributed by atoms with Gasteiger partial charge in [0.1, 0.15) is 5.75 Å². The van der Waals surface area contributed by atoms with Crippen molar-refractivity contribution in [2.24, 2.45) is 4.99 Å². The molecule has 1 heterocycles. The third-order valence-electron chi connectivity index (χ3n) is 5.10. The van der Waals surface area contributed by atoms with E-state index in [0.717, 1.165) is 34.0 Å². The lowest BCUT2D eigenvalue weighted by Crippen LogP contribution is -2.31. The van der Waals surface area contributed by atoms with Crippen LogP contribution < -0.4 is 15.4 Å². The van der Waals surface area contributed by atoms with Crippen LogP contribution in [0.5, 0.6) is 5.75 Å². The summed E-state index contributed by atoms with van der Waals surface area (Å²) < 4.78 is 5.41. The molecule has 0 radical (unpaired) electrons. The molecule has 1 atom stereocenters. The fourth-order valence-corrected chi connectivity index (χ4v) is 4.90. The molecule has 0 saturated carbocycles. The van der Waals surface area contributed by atoms with E-state index in [4.69, 9.17) is 16.3 Å². The number of para-hydroxylation sites is 2. The summed E-state index contributed by atoms with van der Waals surface area (Å²) >= 11 is 8.36. The first kappa shape index (κ1) is 24.0. The first-order chi connectivity index (χ1) is 15.5. The van der Waals surface area contributed by atoms with Crippen molar-refractivity contribution < 1.29 is 9.53 Å². The van der Waals surface area contributed by atoms with Gasteiger partial charge in [-0.15, -0.1) is 11.8 Å². The van der Waals surface area contributed by atoms with Gasteiger partial charge < -0.3 is 15.4 Å². The van der Waals surface area contributed by atoms with E-state index in [9.17, 15) is 4.79 Å². The second-order valence-electron chi connectivity index (χ2n) is 7.29. The van der Waals surface area contributed by atoms with Crippen LogP contribution in [-0.2, 0) is 4.79 Å². The van der Waals surface area contributed by atoms with Crippen molar-refractivity contribution in [1.82, 2.24) is 5.32 Å². The molecule has 1 amide bonds. The van der Waals surface area contributed by atoms with Crippen LogP contribution in [0.25, 0.3) is 0 Å². The van der Waals surface area contributed by atoms with E-state index in [0.29, 0.717) is 22.0 Å². The van der Waals surface area contributed by atoms with E-state index in [1.807, 2.05) is 61.7 Å². The van der Waals surface area contributed by atoms with Crippen molar-refractivity contribution in [3.05, 3.63) is 81.0 Å². The largest absolute Gasteiger partial charge is 0.495 e. The summed E-state index contributed by atoms with van der Waals surface area (Å²) in [5.41, 5.74) is 3.78. The number of methoxy groups -OCH3 is 1. The zero-order chi connectivity index (χ0) is 23.1. The van der Waals surface area contributed by atoms with E-state index in [1.54, 1.807) is 25.9 Å². The number of ether oxygens (including phenoxy) is 1. The lowest BCUT2D eigenvalue weighted by molar-refractivity contribution is -0.113. The monoisotopic (exact) mass is 469 g/mol. The Balaban J connectivity index is 2.12. The third kappa shape index (κ3) is 5.19. The summed E-state index contributed by atoms with van der Waals surface area (Å²) in [5, 5.41) is 8.07. The maximum absolute atomic E-state index is 13.6. The Morgan fingerprint density at radius 1 is 1.25 bits per heavy atom. The number of nitrogens with zero attached hydrogens (tertiary/aromatic N) is 1. The molecule has 2 N–H and O–H groups in total. The van der Waals surface area contributed by atoms with Crippen molar-refractivity contribution >= 4 is 41.2 Å². The number of nitrogens with one attached hydrogen (secondary N) is 2. The van der Waals surface area contributed by atoms with Gasteiger partial charge in [0.05, 0.1) is 17.8 Å². The summed E-state index contributed by atoms with van der Waals surface area (Å²) in [4.78, 5) is 17.9. The predicted octanol–water partition coefficient (Wildman–Crippen LogP) is 6.00. The topological polar surface area (TPSA) is 62.7 Å². The second kappa shape index (κ2) is 11.2. The van der Waals surface area contributed by atoms with Gasteiger partial charge in [-0.1, -0.05) is 48.9 Å². The molecule has 5 nitrogen and oxygen atoms in total. The number of rotatable bonds is 8. The van der Waals surface area contributed by atoms with Gasteiger partial charge in [-0.2, -0.15) is 0 Å². The van der Waals surface area contributed by atoms with Gasteiger partial charge in [0, 0.05) is 41.0 Å². The third-order valence-corrected chi connectivity index (χ3v) is 6.68. The molecule has 1 unspecified atom stereocenters. The van der Waals surface area contributed by atoms with E-state index < -0.39 is 0 Å². The Hall–Kier alpha value is -2.70. The molecule has 2 aromatic carbocycles. The summed E-state index contributed by atoms with van der Waals surface area (Å²) in [6.45, 7) is 4.07. The van der Waals surface area contributed by atoms with E-state index in [1.165, 1.54) is 0 Å². The molecule has 7 heteroatoms. The highest BCUT2D eigenvalue weighted by Gasteiger charge is 2.35. The highest BCUT2D eigenvalue weighted by Crippen LogP contribution is 2.43. The first-order valence-electron chi connectivity index (χ1n) is 10.5. The number of carbonyl (C=O) groups excluding carboxylic acids is 1. The van der Waals surface area contributed by atoms with Crippen LogP contribution in [0.1, 0.15) is 31.7 Å². The summed E-state index contributed by atoms with van der Waals surface area (Å²) in [7, 11) is 3.32. The average molecular weight is 470 g/mol. The zero-order valence-corrected chi connectivity index (χ0v) is 20.3. The number of aliphatic imine (C=N–C) groups is 1. The highest BCUT2D eigenvalue weighted by atomic mass is 35.5. The molecular weight excluding hydrogens is 442 g/mol. The van der Waals surface area contributed by atoms with Gasteiger partial charge in [-0.25, -0.2) is 0 Å². The van der Waals surface area contributed by atoms with E-state index in [2.05, 4.69) is 22.5 Å². The molecule has 0 aromatic heterocycles. The van der Waals surface area contributed by atoms with Gasteiger partial charge in [-0.3, -0.25) is 9.79 Å². The standard InChI is InChI=1S/C25H28ClN3O2S/c1-5-14-32-25-18(15-27-3)23(17-10-6-7-11-19(17)26)22(16(2)28-25)24(30)29-20-12-8-9-13-21(20)31-4/h6-13,15,23,28H,5,14H2,1-4H3,(H,29,30). The SMILES string of the molecule is CCCSC1=C(C=NC)C(c2ccccc2Cl)C(C(=O)Nc2ccccc2OC)=C(C)N1. The molecule has 1 aliphatic heterocycles. The van der Waals surface area contributed by atoms with Crippen molar-refractivity contribution in [2.75, 3.05) is 25.2 Å². The number of benzene rings is 2. The molecule has 0 saturated heterocycles. The molecule has 3 rings (SSSR count). The van der Waals surface area contributed by atoms with Crippen LogP contribution in [0.3, 0.4) is 0 Å². The van der Waals surface area contributed by atoms with Crippen molar-refractivity contribution in [2.45, 2.75) is 26.2 Å². The number of amides is 1. The first-order valence-corrected chi connectivity index (χ1v) is 11.8. The molecule has 1 aliphatic rings. The second-order valence-corrected chi connectivity index (χ2v) is 8.81. The predicted molar refractivity (Wildman–Crippen MR) is 136 cm³/mol. The number of carbonyl (C=O) groups is 1. The summed E-state index contributed by atoms with van der Waals surface area (Å²) in [6.07, 6.45) is 2.86. The lowest BCUT2D eigenvalue weighted by atomic mass is 9.82.